The van der Waals surface area contributed by atoms with Crippen molar-refractivity contribution in [2.45, 2.75) is 50.4 Å². The molecule has 3 aliphatic rings. The van der Waals surface area contributed by atoms with Gasteiger partial charge in [0.2, 0.25) is 11.8 Å². The summed E-state index contributed by atoms with van der Waals surface area (Å²) in [5.41, 5.74) is 2.06. The predicted molar refractivity (Wildman–Crippen MR) is 111 cm³/mol. The molecule has 0 spiro atoms. The molecule has 3 fully saturated rings. The molecule has 29 heavy (non-hydrogen) atoms. The lowest BCUT2D eigenvalue weighted by atomic mass is 9.79. The summed E-state index contributed by atoms with van der Waals surface area (Å²) < 4.78 is 0. The van der Waals surface area contributed by atoms with Crippen LogP contribution in [0, 0.1) is 5.92 Å². The maximum Gasteiger partial charge on any atom is 0.234 e. The van der Waals surface area contributed by atoms with Crippen LogP contribution >= 0.6 is 0 Å². The van der Waals surface area contributed by atoms with E-state index in [0.717, 1.165) is 42.5 Å². The van der Waals surface area contributed by atoms with Crippen LogP contribution in [0.25, 0.3) is 10.9 Å². The molecule has 2 saturated heterocycles. The van der Waals surface area contributed by atoms with Gasteiger partial charge in [0, 0.05) is 17.6 Å². The van der Waals surface area contributed by atoms with E-state index >= 15 is 0 Å². The molecule has 2 amide bonds. The van der Waals surface area contributed by atoms with Gasteiger partial charge in [-0.25, -0.2) is 0 Å². The van der Waals surface area contributed by atoms with Gasteiger partial charge in [-0.1, -0.05) is 18.2 Å². The Balaban J connectivity index is 1.20. The summed E-state index contributed by atoms with van der Waals surface area (Å²) in [4.78, 5) is 30.8. The van der Waals surface area contributed by atoms with Crippen molar-refractivity contribution >= 4 is 22.7 Å². The number of aromatic nitrogens is 1. The molecule has 1 aliphatic carbocycles. The summed E-state index contributed by atoms with van der Waals surface area (Å²) in [5.74, 6) is 0.0767. The van der Waals surface area contributed by atoms with Gasteiger partial charge in [0.1, 0.15) is 6.17 Å². The Bertz CT molecular complexity index is 870. The van der Waals surface area contributed by atoms with E-state index in [4.69, 9.17) is 0 Å². The van der Waals surface area contributed by atoms with Crippen molar-refractivity contribution in [3.8, 4) is 0 Å². The van der Waals surface area contributed by atoms with E-state index in [2.05, 4.69) is 38.0 Å². The molecule has 5 rings (SSSR count). The van der Waals surface area contributed by atoms with Gasteiger partial charge < -0.3 is 15.6 Å². The monoisotopic (exact) mass is 395 g/mol. The van der Waals surface area contributed by atoms with Crippen LogP contribution in [-0.2, 0) is 9.59 Å². The highest BCUT2D eigenvalue weighted by atomic mass is 16.2. The lowest BCUT2D eigenvalue weighted by Crippen LogP contribution is -2.60. The molecule has 2 aliphatic heterocycles. The van der Waals surface area contributed by atoms with Crippen molar-refractivity contribution in [3.05, 3.63) is 36.0 Å². The largest absolute Gasteiger partial charge is 0.356 e. The van der Waals surface area contributed by atoms with Gasteiger partial charge in [-0.3, -0.25) is 19.8 Å². The topological polar surface area (TPSA) is 89.3 Å². The number of nitrogens with zero attached hydrogens (tertiary/aromatic N) is 1. The fraction of sp³-hybridized carbons (Fsp3) is 0.545. The van der Waals surface area contributed by atoms with Crippen molar-refractivity contribution < 1.29 is 9.59 Å². The number of aromatic amines is 1. The van der Waals surface area contributed by atoms with Crippen LogP contribution in [0.2, 0.25) is 0 Å². The number of H-pyrrole nitrogens is 1. The Labute approximate surface area is 170 Å². The third kappa shape index (κ3) is 3.89. The molecule has 0 bridgehead atoms. The van der Waals surface area contributed by atoms with E-state index in [9.17, 15) is 9.59 Å². The summed E-state index contributed by atoms with van der Waals surface area (Å²) in [6, 6.07) is 10.5. The first kappa shape index (κ1) is 18.6. The van der Waals surface area contributed by atoms with Crippen LogP contribution in [0.5, 0.6) is 0 Å². The molecule has 1 saturated carbocycles. The molecule has 1 aromatic heterocycles. The minimum absolute atomic E-state index is 0.0795. The number of carbonyl (C=O) groups excluding carboxylic acids is 2. The predicted octanol–water partition coefficient (Wildman–Crippen LogP) is 1.64. The van der Waals surface area contributed by atoms with Crippen LogP contribution in [0.3, 0.4) is 0 Å². The van der Waals surface area contributed by atoms with Crippen molar-refractivity contribution in [1.29, 1.82) is 0 Å². The highest BCUT2D eigenvalue weighted by molar-refractivity contribution is 5.83. The third-order valence-electron chi connectivity index (χ3n) is 6.65. The zero-order valence-corrected chi connectivity index (χ0v) is 16.6. The molecular weight excluding hydrogens is 366 g/mol. The summed E-state index contributed by atoms with van der Waals surface area (Å²) in [5, 5.41) is 11.0. The number of carbonyl (C=O) groups is 2. The number of hydrogen-bond donors (Lipinski definition) is 4. The molecule has 4 atom stereocenters. The maximum absolute atomic E-state index is 12.9. The average Bonchev–Trinajstić information content (AvgIpc) is 3.37. The number of rotatable bonds is 4. The summed E-state index contributed by atoms with van der Waals surface area (Å²) >= 11 is 0. The molecule has 1 aromatic carbocycles. The van der Waals surface area contributed by atoms with E-state index in [1.165, 1.54) is 12.8 Å². The Kier molecular flexibility index (Phi) is 5.01. The Morgan fingerprint density at radius 1 is 1.17 bits per heavy atom. The summed E-state index contributed by atoms with van der Waals surface area (Å²) in [7, 11) is 0. The van der Waals surface area contributed by atoms with E-state index in [-0.39, 0.29) is 36.0 Å². The van der Waals surface area contributed by atoms with Gasteiger partial charge >= 0.3 is 0 Å². The molecule has 2 aromatic rings. The second-order valence-electron chi connectivity index (χ2n) is 8.69. The minimum atomic E-state index is -0.197. The summed E-state index contributed by atoms with van der Waals surface area (Å²) in [6.07, 6.45) is 4.68. The number of benzene rings is 1. The molecule has 0 radical (unpaired) electrons. The van der Waals surface area contributed by atoms with E-state index in [1.54, 1.807) is 0 Å². The smallest absolute Gasteiger partial charge is 0.234 e. The molecule has 3 heterocycles. The number of hydrogen-bond acceptors (Lipinski definition) is 4. The number of fused-ring (bicyclic) bond motifs is 2. The quantitative estimate of drug-likeness (QED) is 0.634. The summed E-state index contributed by atoms with van der Waals surface area (Å²) in [6.45, 7) is 2.52. The first-order valence-electron chi connectivity index (χ1n) is 10.8. The molecule has 154 valence electrons. The lowest BCUT2D eigenvalue weighted by molar-refractivity contribution is -0.132. The zero-order chi connectivity index (χ0) is 19.8. The van der Waals surface area contributed by atoms with Crippen LogP contribution in [0.1, 0.15) is 44.0 Å². The highest BCUT2D eigenvalue weighted by Gasteiger charge is 2.41. The van der Waals surface area contributed by atoms with Crippen LogP contribution in [0.4, 0.5) is 0 Å². The van der Waals surface area contributed by atoms with E-state index in [1.807, 2.05) is 18.2 Å². The fourth-order valence-electron chi connectivity index (χ4n) is 5.13. The van der Waals surface area contributed by atoms with Gasteiger partial charge in [-0.05, 0) is 62.7 Å². The number of amides is 2. The van der Waals surface area contributed by atoms with Crippen LogP contribution in [-0.4, -0.2) is 53.4 Å². The Morgan fingerprint density at radius 2 is 2.00 bits per heavy atom. The normalized spacial score (nSPS) is 30.1. The van der Waals surface area contributed by atoms with Gasteiger partial charge in [0.05, 0.1) is 18.2 Å². The molecular formula is C22H29N5O2. The van der Waals surface area contributed by atoms with Crippen molar-refractivity contribution in [1.82, 2.24) is 25.8 Å². The van der Waals surface area contributed by atoms with Crippen molar-refractivity contribution in [2.75, 3.05) is 19.6 Å². The second-order valence-corrected chi connectivity index (χ2v) is 8.69. The van der Waals surface area contributed by atoms with Crippen molar-refractivity contribution in [2.24, 2.45) is 5.92 Å². The highest BCUT2D eigenvalue weighted by Crippen LogP contribution is 2.31. The SMILES string of the molecule is O=C(CN1CCCC1)NC1CCC2NC(c3cc4ccccc4[nH]3)NC(=O)C2C1. The Morgan fingerprint density at radius 3 is 2.83 bits per heavy atom. The number of likely N-dealkylation sites (tertiary alicyclic amines) is 1. The van der Waals surface area contributed by atoms with Gasteiger partial charge in [-0.2, -0.15) is 0 Å². The number of nitrogens with one attached hydrogen (secondary N) is 4. The molecule has 7 heteroatoms. The second kappa shape index (κ2) is 7.80. The lowest BCUT2D eigenvalue weighted by Gasteiger charge is -2.42. The van der Waals surface area contributed by atoms with Crippen molar-refractivity contribution in [3.63, 3.8) is 0 Å². The first-order valence-corrected chi connectivity index (χ1v) is 10.8. The average molecular weight is 396 g/mol. The minimum Gasteiger partial charge on any atom is -0.356 e. The molecule has 7 nitrogen and oxygen atoms in total. The van der Waals surface area contributed by atoms with E-state index < -0.39 is 0 Å². The van der Waals surface area contributed by atoms with E-state index in [0.29, 0.717) is 13.0 Å². The molecule has 4 N–H and O–H groups in total. The van der Waals surface area contributed by atoms with Crippen LogP contribution in [0.15, 0.2) is 30.3 Å². The van der Waals surface area contributed by atoms with Gasteiger partial charge in [0.25, 0.3) is 0 Å². The van der Waals surface area contributed by atoms with Gasteiger partial charge in [-0.15, -0.1) is 0 Å². The first-order chi connectivity index (χ1) is 14.2. The fourth-order valence-corrected chi connectivity index (χ4v) is 5.13. The van der Waals surface area contributed by atoms with Crippen LogP contribution < -0.4 is 16.0 Å². The van der Waals surface area contributed by atoms with Gasteiger partial charge in [0.15, 0.2) is 0 Å². The third-order valence-corrected chi connectivity index (χ3v) is 6.65. The number of para-hydroxylation sites is 1. The maximum atomic E-state index is 12.9. The standard InChI is InChI=1S/C22H29N5O2/c28-20(13-27-9-3-4-10-27)23-15-7-8-18-16(12-15)22(29)26-21(25-18)19-11-14-5-1-2-6-17(14)24-19/h1-2,5-6,11,15-16,18,21,24-25H,3-4,7-10,12-13H2,(H,23,28)(H,26,29). The zero-order valence-electron chi connectivity index (χ0n) is 16.6. The Hall–Kier alpha value is -2.38. The molecule has 4 unspecified atom stereocenters.